The first-order valence-electron chi connectivity index (χ1n) is 7.81. The zero-order chi connectivity index (χ0) is 17.5. The van der Waals surface area contributed by atoms with Crippen LogP contribution in [0.3, 0.4) is 0 Å². The van der Waals surface area contributed by atoms with Gasteiger partial charge in [0.15, 0.2) is 0 Å². The Hall–Kier alpha value is -2.93. The summed E-state index contributed by atoms with van der Waals surface area (Å²) >= 11 is 1.38. The molecule has 0 saturated carbocycles. The number of hydrogen-bond donors (Lipinski definition) is 2. The number of aryl methyl sites for hydroxylation is 2. The fourth-order valence-corrected chi connectivity index (χ4v) is 2.97. The Morgan fingerprint density at radius 2 is 1.76 bits per heavy atom. The molecule has 0 spiro atoms. The number of rotatable bonds is 6. The summed E-state index contributed by atoms with van der Waals surface area (Å²) in [4.78, 5) is 12.0. The predicted molar refractivity (Wildman–Crippen MR) is 99.4 cm³/mol. The number of hydrogen-bond acceptors (Lipinski definition) is 5. The molecular weight excluding hydrogens is 336 g/mol. The third-order valence-corrected chi connectivity index (χ3v) is 4.40. The van der Waals surface area contributed by atoms with Crippen LogP contribution in [0, 0.1) is 0 Å². The molecule has 2 amide bonds. The van der Waals surface area contributed by atoms with Crippen LogP contribution in [0.15, 0.2) is 54.6 Å². The minimum Gasteiger partial charge on any atom is -0.497 e. The minimum atomic E-state index is -0.351. The molecule has 0 bridgehead atoms. The van der Waals surface area contributed by atoms with Crippen molar-refractivity contribution in [3.63, 3.8) is 0 Å². The number of ether oxygens (including phenoxy) is 1. The lowest BCUT2D eigenvalue weighted by atomic mass is 10.1. The van der Waals surface area contributed by atoms with Crippen molar-refractivity contribution in [3.05, 3.63) is 65.2 Å². The van der Waals surface area contributed by atoms with Gasteiger partial charge in [0.1, 0.15) is 10.8 Å². The van der Waals surface area contributed by atoms with E-state index in [0.717, 1.165) is 23.6 Å². The number of benzene rings is 2. The molecule has 1 heterocycles. The van der Waals surface area contributed by atoms with Crippen LogP contribution >= 0.6 is 11.3 Å². The lowest BCUT2D eigenvalue weighted by molar-refractivity contribution is 0.262. The molecule has 0 aliphatic heterocycles. The van der Waals surface area contributed by atoms with Gasteiger partial charge >= 0.3 is 6.03 Å². The van der Waals surface area contributed by atoms with E-state index in [1.165, 1.54) is 16.9 Å². The molecule has 0 atom stereocenters. The second-order valence-corrected chi connectivity index (χ2v) is 6.36. The molecule has 0 unspecified atom stereocenters. The summed E-state index contributed by atoms with van der Waals surface area (Å²) in [7, 11) is 1.60. The SMILES string of the molecule is COc1ccc(NC(=O)Nc2nnc(CCc3ccccc3)s2)cc1. The van der Waals surface area contributed by atoms with E-state index < -0.39 is 0 Å². The zero-order valence-corrected chi connectivity index (χ0v) is 14.5. The van der Waals surface area contributed by atoms with Crippen LogP contribution in [-0.4, -0.2) is 23.3 Å². The number of carbonyl (C=O) groups excluding carboxylic acids is 1. The summed E-state index contributed by atoms with van der Waals surface area (Å²) in [6.07, 6.45) is 1.69. The predicted octanol–water partition coefficient (Wildman–Crippen LogP) is 3.98. The number of methoxy groups -OCH3 is 1. The molecule has 6 nitrogen and oxygen atoms in total. The number of amides is 2. The molecule has 0 fully saturated rings. The first kappa shape index (κ1) is 16.9. The van der Waals surface area contributed by atoms with Gasteiger partial charge in [-0.25, -0.2) is 4.79 Å². The van der Waals surface area contributed by atoms with Crippen molar-refractivity contribution in [2.75, 3.05) is 17.7 Å². The maximum absolute atomic E-state index is 12.0. The van der Waals surface area contributed by atoms with Crippen molar-refractivity contribution >= 4 is 28.2 Å². The molecule has 3 rings (SSSR count). The van der Waals surface area contributed by atoms with E-state index >= 15 is 0 Å². The molecule has 0 saturated heterocycles. The van der Waals surface area contributed by atoms with E-state index in [1.54, 1.807) is 31.4 Å². The van der Waals surface area contributed by atoms with E-state index in [2.05, 4.69) is 33.0 Å². The van der Waals surface area contributed by atoms with Crippen LogP contribution in [0.25, 0.3) is 0 Å². The lowest BCUT2D eigenvalue weighted by Crippen LogP contribution is -2.19. The molecule has 3 aromatic rings. The average Bonchev–Trinajstić information content (AvgIpc) is 3.08. The van der Waals surface area contributed by atoms with Crippen molar-refractivity contribution in [1.29, 1.82) is 0 Å². The van der Waals surface area contributed by atoms with Crippen molar-refractivity contribution in [2.45, 2.75) is 12.8 Å². The Labute approximate surface area is 149 Å². The van der Waals surface area contributed by atoms with Crippen molar-refractivity contribution in [2.24, 2.45) is 0 Å². The van der Waals surface area contributed by atoms with Gasteiger partial charge in [-0.1, -0.05) is 41.7 Å². The van der Waals surface area contributed by atoms with Gasteiger partial charge in [-0.3, -0.25) is 5.32 Å². The fraction of sp³-hybridized carbons (Fsp3) is 0.167. The highest BCUT2D eigenvalue weighted by Crippen LogP contribution is 2.18. The van der Waals surface area contributed by atoms with E-state index in [9.17, 15) is 4.79 Å². The van der Waals surface area contributed by atoms with Crippen LogP contribution in [0.1, 0.15) is 10.6 Å². The summed E-state index contributed by atoms with van der Waals surface area (Å²) in [6, 6.07) is 17.0. The maximum Gasteiger partial charge on any atom is 0.325 e. The molecule has 25 heavy (non-hydrogen) atoms. The number of nitrogens with one attached hydrogen (secondary N) is 2. The van der Waals surface area contributed by atoms with Crippen LogP contribution in [0.2, 0.25) is 0 Å². The van der Waals surface area contributed by atoms with E-state index in [0.29, 0.717) is 10.8 Å². The van der Waals surface area contributed by atoms with Gasteiger partial charge < -0.3 is 10.1 Å². The summed E-state index contributed by atoms with van der Waals surface area (Å²) < 4.78 is 5.08. The van der Waals surface area contributed by atoms with Crippen LogP contribution in [-0.2, 0) is 12.8 Å². The highest BCUT2D eigenvalue weighted by Gasteiger charge is 2.08. The molecule has 0 aliphatic carbocycles. The van der Waals surface area contributed by atoms with Crippen LogP contribution < -0.4 is 15.4 Å². The number of urea groups is 1. The average molecular weight is 354 g/mol. The second-order valence-electron chi connectivity index (χ2n) is 5.29. The number of anilines is 2. The van der Waals surface area contributed by atoms with E-state index in [1.807, 2.05) is 18.2 Å². The summed E-state index contributed by atoms with van der Waals surface area (Å²) in [6.45, 7) is 0. The Bertz CT molecular complexity index is 819. The summed E-state index contributed by atoms with van der Waals surface area (Å²) in [5.41, 5.74) is 1.93. The first-order chi connectivity index (χ1) is 12.2. The van der Waals surface area contributed by atoms with Crippen LogP contribution in [0.5, 0.6) is 5.75 Å². The Kier molecular flexibility index (Phi) is 5.58. The second kappa shape index (κ2) is 8.25. The topological polar surface area (TPSA) is 76.1 Å². The number of aromatic nitrogens is 2. The van der Waals surface area contributed by atoms with Gasteiger partial charge in [0.05, 0.1) is 7.11 Å². The molecule has 0 aliphatic rings. The molecule has 2 aromatic carbocycles. The maximum atomic E-state index is 12.0. The molecule has 128 valence electrons. The standard InChI is InChI=1S/C18H18N4O2S/c1-24-15-10-8-14(9-11-15)19-17(23)20-18-22-21-16(25-18)12-7-13-5-3-2-4-6-13/h2-6,8-11H,7,12H2,1H3,(H2,19,20,22,23). The third-order valence-electron chi connectivity index (χ3n) is 3.51. The van der Waals surface area contributed by atoms with Gasteiger partial charge in [-0.15, -0.1) is 10.2 Å². The van der Waals surface area contributed by atoms with Gasteiger partial charge in [-0.05, 0) is 36.2 Å². The Morgan fingerprint density at radius 3 is 2.48 bits per heavy atom. The van der Waals surface area contributed by atoms with E-state index in [4.69, 9.17) is 4.74 Å². The lowest BCUT2D eigenvalue weighted by Gasteiger charge is -2.05. The number of carbonyl (C=O) groups is 1. The van der Waals surface area contributed by atoms with Crippen molar-refractivity contribution < 1.29 is 9.53 Å². The largest absolute Gasteiger partial charge is 0.497 e. The smallest absolute Gasteiger partial charge is 0.325 e. The molecule has 1 aromatic heterocycles. The van der Waals surface area contributed by atoms with E-state index in [-0.39, 0.29) is 6.03 Å². The Morgan fingerprint density at radius 1 is 1.00 bits per heavy atom. The molecule has 7 heteroatoms. The Balaban J connectivity index is 1.50. The zero-order valence-electron chi connectivity index (χ0n) is 13.7. The molecule has 0 radical (unpaired) electrons. The molecule has 2 N–H and O–H groups in total. The first-order valence-corrected chi connectivity index (χ1v) is 8.63. The highest BCUT2D eigenvalue weighted by molar-refractivity contribution is 7.15. The number of nitrogens with zero attached hydrogens (tertiary/aromatic N) is 2. The van der Waals surface area contributed by atoms with Crippen molar-refractivity contribution in [1.82, 2.24) is 10.2 Å². The quantitative estimate of drug-likeness (QED) is 0.702. The highest BCUT2D eigenvalue weighted by atomic mass is 32.1. The molecular formula is C18H18N4O2S. The van der Waals surface area contributed by atoms with Gasteiger partial charge in [0.2, 0.25) is 5.13 Å². The summed E-state index contributed by atoms with van der Waals surface area (Å²) in [5.74, 6) is 0.734. The van der Waals surface area contributed by atoms with Gasteiger partial charge in [-0.2, -0.15) is 0 Å². The van der Waals surface area contributed by atoms with Crippen molar-refractivity contribution in [3.8, 4) is 5.75 Å². The summed E-state index contributed by atoms with van der Waals surface area (Å²) in [5, 5.41) is 15.0. The fourth-order valence-electron chi connectivity index (χ4n) is 2.23. The van der Waals surface area contributed by atoms with Crippen LogP contribution in [0.4, 0.5) is 15.6 Å². The normalized spacial score (nSPS) is 10.3. The van der Waals surface area contributed by atoms with Gasteiger partial charge in [0, 0.05) is 12.1 Å². The third kappa shape index (κ3) is 5.02. The van der Waals surface area contributed by atoms with Gasteiger partial charge in [0.25, 0.3) is 0 Å². The minimum absolute atomic E-state index is 0.351. The monoisotopic (exact) mass is 354 g/mol.